The fourth-order valence-electron chi connectivity index (χ4n) is 5.24. The Kier molecular flexibility index (Phi) is 6.23. The summed E-state index contributed by atoms with van der Waals surface area (Å²) in [6, 6.07) is 25.2. The molecule has 6 rings (SSSR count). The topological polar surface area (TPSA) is 84.2 Å². The highest BCUT2D eigenvalue weighted by molar-refractivity contribution is 5.85. The third-order valence-electron chi connectivity index (χ3n) is 7.31. The van der Waals surface area contributed by atoms with Crippen LogP contribution in [-0.2, 0) is 24.3 Å². The number of aromatic amines is 2. The molecule has 1 aliphatic carbocycles. The molecule has 37 heavy (non-hydrogen) atoms. The van der Waals surface area contributed by atoms with E-state index in [1.54, 1.807) is 5.48 Å². The second kappa shape index (κ2) is 9.98. The Balaban J connectivity index is 1.21. The average molecular weight is 489 g/mol. The van der Waals surface area contributed by atoms with Crippen LogP contribution in [0.15, 0.2) is 85.2 Å². The molecule has 0 radical (unpaired) electrons. The molecular formula is C31H28N4O2. The lowest BCUT2D eigenvalue weighted by atomic mass is 9.79. The summed E-state index contributed by atoms with van der Waals surface area (Å²) in [5.41, 5.74) is 8.86. The van der Waals surface area contributed by atoms with Crippen LogP contribution in [0.5, 0.6) is 0 Å². The quantitative estimate of drug-likeness (QED) is 0.132. The molecule has 0 saturated carbocycles. The minimum Gasteiger partial charge on any atom is -0.361 e. The molecule has 2 heterocycles. The number of hydrogen-bond acceptors (Lipinski definition) is 3. The Labute approximate surface area is 215 Å². The maximum Gasteiger partial charge on any atom is 0.260 e. The molecule has 0 spiro atoms. The summed E-state index contributed by atoms with van der Waals surface area (Å²) in [5, 5.41) is 11.5. The van der Waals surface area contributed by atoms with E-state index in [9.17, 15) is 4.79 Å². The Morgan fingerprint density at radius 2 is 1.49 bits per heavy atom. The van der Waals surface area contributed by atoms with Crippen LogP contribution in [0, 0.1) is 17.8 Å². The van der Waals surface area contributed by atoms with Crippen molar-refractivity contribution in [3.63, 3.8) is 0 Å². The molecule has 0 bridgehead atoms. The summed E-state index contributed by atoms with van der Waals surface area (Å²) in [6.07, 6.45) is 5.19. The van der Waals surface area contributed by atoms with E-state index < -0.39 is 11.8 Å². The van der Waals surface area contributed by atoms with Gasteiger partial charge >= 0.3 is 0 Å². The number of H-pyrrole nitrogens is 2. The first-order valence-electron chi connectivity index (χ1n) is 12.6. The van der Waals surface area contributed by atoms with E-state index in [1.807, 2.05) is 0 Å². The van der Waals surface area contributed by atoms with Crippen LogP contribution < -0.4 is 5.48 Å². The highest BCUT2D eigenvalue weighted by Gasteiger charge is 2.32. The second-order valence-electron chi connectivity index (χ2n) is 9.64. The van der Waals surface area contributed by atoms with Crippen LogP contribution in [0.4, 0.5) is 0 Å². The van der Waals surface area contributed by atoms with Crippen molar-refractivity contribution < 1.29 is 10.0 Å². The standard InChI is InChI=1S/C31H28N4O2/c36-31(34-37)28-14-13-25(28)22-11-9-21(10-12-22)19-35(20-24-18-33-30-8-4-2-6-27(24)30)16-15-23-17-32-29-7-3-1-5-26(23)29/h1-12,17-18,25,28,32-33,37H,15-16,19-20H2,(H,34,36). The van der Waals surface area contributed by atoms with Gasteiger partial charge in [-0.2, -0.15) is 0 Å². The summed E-state index contributed by atoms with van der Waals surface area (Å²) >= 11 is 0. The van der Waals surface area contributed by atoms with Crippen LogP contribution in [0.1, 0.15) is 28.2 Å². The molecule has 3 aromatic carbocycles. The van der Waals surface area contributed by atoms with Gasteiger partial charge in [-0.05, 0) is 40.8 Å². The van der Waals surface area contributed by atoms with E-state index >= 15 is 0 Å². The maximum atomic E-state index is 11.8. The lowest BCUT2D eigenvalue weighted by Gasteiger charge is -2.24. The number of rotatable bonds is 9. The largest absolute Gasteiger partial charge is 0.361 e. The van der Waals surface area contributed by atoms with Crippen molar-refractivity contribution >= 4 is 27.7 Å². The SMILES string of the molecule is O=C(NO)C1C#CC1c1ccc(CN(CCc2c[nH]c3ccccc23)Cc2c[nH]c3ccccc23)cc1. The van der Waals surface area contributed by atoms with Gasteiger partial charge in [-0.3, -0.25) is 14.9 Å². The van der Waals surface area contributed by atoms with Gasteiger partial charge in [0.1, 0.15) is 5.92 Å². The fraction of sp³-hybridized carbons (Fsp3) is 0.194. The highest BCUT2D eigenvalue weighted by Crippen LogP contribution is 2.30. The Bertz CT molecular complexity index is 1620. The molecule has 5 aromatic rings. The Morgan fingerprint density at radius 3 is 2.14 bits per heavy atom. The van der Waals surface area contributed by atoms with Gasteiger partial charge in [0, 0.05) is 53.8 Å². The van der Waals surface area contributed by atoms with Crippen molar-refractivity contribution in [1.82, 2.24) is 20.3 Å². The van der Waals surface area contributed by atoms with Gasteiger partial charge in [0.05, 0.1) is 5.92 Å². The van der Waals surface area contributed by atoms with E-state index in [0.29, 0.717) is 0 Å². The number of carbonyl (C=O) groups is 1. The lowest BCUT2D eigenvalue weighted by Crippen LogP contribution is -2.34. The summed E-state index contributed by atoms with van der Waals surface area (Å²) in [7, 11) is 0. The van der Waals surface area contributed by atoms with Crippen LogP contribution in [-0.4, -0.2) is 32.5 Å². The van der Waals surface area contributed by atoms with Crippen molar-refractivity contribution in [3.8, 4) is 11.8 Å². The van der Waals surface area contributed by atoms with Crippen LogP contribution in [0.25, 0.3) is 21.8 Å². The third-order valence-corrected chi connectivity index (χ3v) is 7.31. The number of hydrogen-bond donors (Lipinski definition) is 4. The number of aromatic nitrogens is 2. The highest BCUT2D eigenvalue weighted by atomic mass is 16.5. The summed E-state index contributed by atoms with van der Waals surface area (Å²) in [5.74, 6) is 4.76. The number of para-hydroxylation sites is 2. The van der Waals surface area contributed by atoms with Crippen LogP contribution in [0.3, 0.4) is 0 Å². The number of benzene rings is 3. The number of carbonyl (C=O) groups excluding carboxylic acids is 1. The fourth-order valence-corrected chi connectivity index (χ4v) is 5.24. The molecule has 4 N–H and O–H groups in total. The smallest absolute Gasteiger partial charge is 0.260 e. The van der Waals surface area contributed by atoms with Gasteiger partial charge in [0.2, 0.25) is 0 Å². The Hall–Kier alpha value is -4.31. The summed E-state index contributed by atoms with van der Waals surface area (Å²) in [6.45, 7) is 2.55. The number of amides is 1. The normalized spacial score (nSPS) is 16.5. The van der Waals surface area contributed by atoms with Crippen molar-refractivity contribution in [1.29, 1.82) is 0 Å². The zero-order valence-electron chi connectivity index (χ0n) is 20.4. The monoisotopic (exact) mass is 488 g/mol. The zero-order chi connectivity index (χ0) is 25.2. The minimum atomic E-state index is -0.495. The Morgan fingerprint density at radius 1 is 0.838 bits per heavy atom. The van der Waals surface area contributed by atoms with Crippen molar-refractivity contribution in [3.05, 3.63) is 107 Å². The predicted octanol–water partition coefficient (Wildman–Crippen LogP) is 5.12. The number of fused-ring (bicyclic) bond motifs is 2. The first kappa shape index (κ1) is 23.1. The molecule has 0 aliphatic heterocycles. The van der Waals surface area contributed by atoms with E-state index in [0.717, 1.165) is 37.1 Å². The van der Waals surface area contributed by atoms with Crippen molar-refractivity contribution in [2.45, 2.75) is 25.4 Å². The van der Waals surface area contributed by atoms with Gasteiger partial charge in [-0.1, -0.05) is 72.5 Å². The third kappa shape index (κ3) is 4.63. The van der Waals surface area contributed by atoms with Crippen molar-refractivity contribution in [2.75, 3.05) is 6.54 Å². The van der Waals surface area contributed by atoms with Gasteiger partial charge in [0.15, 0.2) is 0 Å². The molecule has 6 nitrogen and oxygen atoms in total. The molecular weight excluding hydrogens is 460 g/mol. The predicted molar refractivity (Wildman–Crippen MR) is 145 cm³/mol. The zero-order valence-corrected chi connectivity index (χ0v) is 20.4. The maximum absolute atomic E-state index is 11.8. The second-order valence-corrected chi connectivity index (χ2v) is 9.64. The first-order valence-corrected chi connectivity index (χ1v) is 12.6. The van der Waals surface area contributed by atoms with Gasteiger partial charge in [-0.15, -0.1) is 0 Å². The van der Waals surface area contributed by atoms with E-state index in [4.69, 9.17) is 5.21 Å². The van der Waals surface area contributed by atoms with E-state index in [2.05, 4.69) is 112 Å². The number of hydroxylamine groups is 1. The molecule has 1 amide bonds. The molecule has 2 aromatic heterocycles. The number of nitrogens with zero attached hydrogens (tertiary/aromatic N) is 1. The van der Waals surface area contributed by atoms with E-state index in [-0.39, 0.29) is 5.92 Å². The molecule has 6 heteroatoms. The number of nitrogens with one attached hydrogen (secondary N) is 3. The minimum absolute atomic E-state index is 0.176. The molecule has 184 valence electrons. The summed E-state index contributed by atoms with van der Waals surface area (Å²) in [4.78, 5) is 21.1. The van der Waals surface area contributed by atoms with Crippen molar-refractivity contribution in [2.24, 2.45) is 5.92 Å². The molecule has 0 fully saturated rings. The first-order chi connectivity index (χ1) is 18.2. The van der Waals surface area contributed by atoms with Gasteiger partial charge in [0.25, 0.3) is 5.91 Å². The van der Waals surface area contributed by atoms with Gasteiger partial charge in [-0.25, -0.2) is 5.48 Å². The van der Waals surface area contributed by atoms with Gasteiger partial charge < -0.3 is 9.97 Å². The van der Waals surface area contributed by atoms with Crippen LogP contribution in [0.2, 0.25) is 0 Å². The average Bonchev–Trinajstić information content (AvgIpc) is 3.52. The molecule has 0 saturated heterocycles. The van der Waals surface area contributed by atoms with Crippen LogP contribution >= 0.6 is 0 Å². The lowest BCUT2D eigenvalue weighted by molar-refractivity contribution is -0.132. The van der Waals surface area contributed by atoms with E-state index in [1.165, 1.54) is 33.0 Å². The molecule has 1 aliphatic rings. The molecule has 2 unspecified atom stereocenters. The summed E-state index contributed by atoms with van der Waals surface area (Å²) < 4.78 is 0. The molecule has 2 atom stereocenters.